The van der Waals surface area contributed by atoms with Crippen LogP contribution < -0.4 is 0 Å². The topological polar surface area (TPSA) is 78.9 Å². The van der Waals surface area contributed by atoms with E-state index in [0.717, 1.165) is 109 Å². The molecule has 0 aromatic heterocycles. The molecule has 0 amide bonds. The molecule has 0 N–H and O–H groups in total. The highest BCUT2D eigenvalue weighted by molar-refractivity contribution is 5.71. The molecule has 0 aliphatic carbocycles. The number of allylic oxidation sites excluding steroid dienone is 10. The van der Waals surface area contributed by atoms with Crippen molar-refractivity contribution in [3.8, 4) is 0 Å². The Hall–Kier alpha value is -2.89. The Morgan fingerprint density at radius 3 is 0.910 bits per heavy atom. The highest BCUT2D eigenvalue weighted by Crippen LogP contribution is 2.16. The average Bonchev–Trinajstić information content (AvgIpc) is 3.33. The molecule has 0 fully saturated rings. The smallest absolute Gasteiger partial charge is 0.306 e. The summed E-state index contributed by atoms with van der Waals surface area (Å²) in [5.74, 6) is -0.889. The maximum Gasteiger partial charge on any atom is 0.306 e. The van der Waals surface area contributed by atoms with Gasteiger partial charge in [-0.05, 0) is 77.0 Å². The number of carbonyl (C=O) groups excluding carboxylic acids is 3. The van der Waals surface area contributed by atoms with Crippen LogP contribution in [0.15, 0.2) is 60.8 Å². The fraction of sp³-hybridized carbons (Fsp3) is 0.787. The Morgan fingerprint density at radius 2 is 0.582 bits per heavy atom. The molecule has 0 aromatic rings. The summed E-state index contributed by atoms with van der Waals surface area (Å²) in [6.45, 7) is 6.44. The highest BCUT2D eigenvalue weighted by atomic mass is 16.6. The van der Waals surface area contributed by atoms with E-state index in [9.17, 15) is 14.4 Å². The lowest BCUT2D eigenvalue weighted by Gasteiger charge is -2.18. The molecule has 0 aliphatic heterocycles. The summed E-state index contributed by atoms with van der Waals surface area (Å²) in [5, 5.41) is 0. The minimum absolute atomic E-state index is 0.0797. The van der Waals surface area contributed by atoms with Crippen molar-refractivity contribution < 1.29 is 28.6 Å². The molecule has 0 heterocycles. The molecular weight excluding hydrogens is 829 g/mol. The summed E-state index contributed by atoms with van der Waals surface area (Å²) in [6, 6.07) is 0. The van der Waals surface area contributed by atoms with Crippen molar-refractivity contribution in [2.24, 2.45) is 0 Å². The first-order valence-corrected chi connectivity index (χ1v) is 28.8. The molecule has 1 atom stereocenters. The highest BCUT2D eigenvalue weighted by Gasteiger charge is 2.19. The fourth-order valence-corrected chi connectivity index (χ4v) is 8.26. The van der Waals surface area contributed by atoms with E-state index < -0.39 is 6.10 Å². The Bertz CT molecular complexity index is 1210. The molecule has 1 unspecified atom stereocenters. The summed E-state index contributed by atoms with van der Waals surface area (Å²) in [7, 11) is 0. The number of unbranched alkanes of at least 4 members (excludes halogenated alkanes) is 31. The number of hydrogen-bond donors (Lipinski definition) is 0. The second kappa shape index (κ2) is 55.7. The number of carbonyl (C=O) groups is 3. The van der Waals surface area contributed by atoms with Crippen LogP contribution in [0, 0.1) is 0 Å². The van der Waals surface area contributed by atoms with E-state index in [-0.39, 0.29) is 31.1 Å². The third kappa shape index (κ3) is 53.9. The second-order valence-corrected chi connectivity index (χ2v) is 19.1. The van der Waals surface area contributed by atoms with E-state index >= 15 is 0 Å². The molecule has 0 saturated heterocycles. The summed E-state index contributed by atoms with van der Waals surface area (Å²) in [6.07, 6.45) is 69.3. The lowest BCUT2D eigenvalue weighted by atomic mass is 10.0. The molecule has 0 aliphatic rings. The van der Waals surface area contributed by atoms with Gasteiger partial charge in [-0.1, -0.05) is 255 Å². The van der Waals surface area contributed by atoms with Crippen molar-refractivity contribution in [2.75, 3.05) is 13.2 Å². The normalized spacial score (nSPS) is 12.5. The number of ether oxygens (including phenoxy) is 3. The Kier molecular flexibility index (Phi) is 53.3. The van der Waals surface area contributed by atoms with Gasteiger partial charge in [0.1, 0.15) is 13.2 Å². The van der Waals surface area contributed by atoms with Crippen molar-refractivity contribution in [1.29, 1.82) is 0 Å². The van der Waals surface area contributed by atoms with Gasteiger partial charge in [-0.2, -0.15) is 0 Å². The Labute approximate surface area is 415 Å². The monoisotopic (exact) mass is 937 g/mol. The van der Waals surface area contributed by atoms with Crippen LogP contribution in [0.1, 0.15) is 290 Å². The fourth-order valence-electron chi connectivity index (χ4n) is 8.26. The molecule has 388 valence electrons. The van der Waals surface area contributed by atoms with Crippen molar-refractivity contribution in [1.82, 2.24) is 0 Å². The molecule has 0 spiro atoms. The predicted molar refractivity (Wildman–Crippen MR) is 288 cm³/mol. The van der Waals surface area contributed by atoms with Gasteiger partial charge in [0.2, 0.25) is 0 Å². The van der Waals surface area contributed by atoms with Gasteiger partial charge in [0.25, 0.3) is 0 Å². The zero-order valence-electron chi connectivity index (χ0n) is 44.4. The molecule has 0 radical (unpaired) electrons. The third-order valence-corrected chi connectivity index (χ3v) is 12.5. The van der Waals surface area contributed by atoms with E-state index in [1.54, 1.807) is 0 Å². The minimum atomic E-state index is -0.783. The molecule has 0 saturated carbocycles. The maximum atomic E-state index is 12.8. The van der Waals surface area contributed by atoms with Gasteiger partial charge >= 0.3 is 17.9 Å². The quantitative estimate of drug-likeness (QED) is 0.0262. The average molecular weight is 938 g/mol. The molecule has 0 aromatic carbocycles. The van der Waals surface area contributed by atoms with Crippen LogP contribution in [0.5, 0.6) is 0 Å². The van der Waals surface area contributed by atoms with E-state index in [0.29, 0.717) is 19.3 Å². The van der Waals surface area contributed by atoms with Crippen LogP contribution in [-0.4, -0.2) is 37.2 Å². The van der Waals surface area contributed by atoms with Crippen molar-refractivity contribution in [2.45, 2.75) is 297 Å². The number of hydrogen-bond acceptors (Lipinski definition) is 6. The summed E-state index contributed by atoms with van der Waals surface area (Å²) in [4.78, 5) is 38.1. The maximum absolute atomic E-state index is 12.8. The molecule has 0 bridgehead atoms. The van der Waals surface area contributed by atoms with Crippen LogP contribution in [0.4, 0.5) is 0 Å². The molecular formula is C61H108O6. The van der Waals surface area contributed by atoms with E-state index in [4.69, 9.17) is 14.2 Å². The van der Waals surface area contributed by atoms with Gasteiger partial charge in [-0.25, -0.2) is 0 Å². The molecule has 6 heteroatoms. The standard InChI is InChI=1S/C61H108O6/c1-4-7-10-13-16-19-22-25-28-30-31-32-34-36-39-42-45-48-51-54-60(63)66-57-58(56-65-59(62)53-50-47-44-41-38-35-27-24-21-18-15-12-9-6-3)67-61(64)55-52-49-46-43-40-37-33-29-26-23-20-17-14-11-8-5-2/h8-9,11-12,17-18,20-21,26,29,58H,4-7,10,13-16,19,22-25,27-28,30-57H2,1-3H3/b11-8-,12-9-,20-17-,21-18-,29-26-. The van der Waals surface area contributed by atoms with Crippen LogP contribution in [-0.2, 0) is 28.6 Å². The largest absolute Gasteiger partial charge is 0.462 e. The summed E-state index contributed by atoms with van der Waals surface area (Å²) in [5.41, 5.74) is 0. The Balaban J connectivity index is 4.35. The van der Waals surface area contributed by atoms with Gasteiger partial charge in [-0.15, -0.1) is 0 Å². The first-order chi connectivity index (χ1) is 33.0. The first kappa shape index (κ1) is 64.1. The summed E-state index contributed by atoms with van der Waals surface area (Å²) >= 11 is 0. The second-order valence-electron chi connectivity index (χ2n) is 19.1. The van der Waals surface area contributed by atoms with E-state index in [1.165, 1.54) is 141 Å². The third-order valence-electron chi connectivity index (χ3n) is 12.5. The lowest BCUT2D eigenvalue weighted by Crippen LogP contribution is -2.30. The Morgan fingerprint density at radius 1 is 0.313 bits per heavy atom. The van der Waals surface area contributed by atoms with E-state index in [2.05, 4.69) is 81.5 Å². The van der Waals surface area contributed by atoms with Gasteiger partial charge in [0, 0.05) is 19.3 Å². The number of esters is 3. The predicted octanol–water partition coefficient (Wildman–Crippen LogP) is 19.2. The number of rotatable bonds is 52. The molecule has 6 nitrogen and oxygen atoms in total. The van der Waals surface area contributed by atoms with Crippen molar-refractivity contribution in [3.05, 3.63) is 60.8 Å². The van der Waals surface area contributed by atoms with Gasteiger partial charge in [0.05, 0.1) is 0 Å². The van der Waals surface area contributed by atoms with Crippen molar-refractivity contribution >= 4 is 17.9 Å². The summed E-state index contributed by atoms with van der Waals surface area (Å²) < 4.78 is 16.9. The van der Waals surface area contributed by atoms with Crippen LogP contribution in [0.3, 0.4) is 0 Å². The van der Waals surface area contributed by atoms with Gasteiger partial charge in [-0.3, -0.25) is 14.4 Å². The molecule has 0 rings (SSSR count). The van der Waals surface area contributed by atoms with E-state index in [1.807, 2.05) is 0 Å². The van der Waals surface area contributed by atoms with Crippen LogP contribution in [0.2, 0.25) is 0 Å². The first-order valence-electron chi connectivity index (χ1n) is 28.8. The van der Waals surface area contributed by atoms with Crippen molar-refractivity contribution in [3.63, 3.8) is 0 Å². The zero-order valence-corrected chi connectivity index (χ0v) is 44.4. The molecule has 67 heavy (non-hydrogen) atoms. The van der Waals surface area contributed by atoms with Gasteiger partial charge < -0.3 is 14.2 Å². The SMILES string of the molecule is CC/C=C\C/C=C\C/C=C\CCCCCCCCC(=O)OC(COC(=O)CCCCCCCCC/C=C\C/C=C\CC)COC(=O)CCCCCCCCCCCCCCCCCCCCC. The minimum Gasteiger partial charge on any atom is -0.462 e. The van der Waals surface area contributed by atoms with Crippen LogP contribution >= 0.6 is 0 Å². The lowest BCUT2D eigenvalue weighted by molar-refractivity contribution is -0.167. The zero-order chi connectivity index (χ0) is 48.6. The van der Waals surface area contributed by atoms with Crippen LogP contribution in [0.25, 0.3) is 0 Å². The van der Waals surface area contributed by atoms with Gasteiger partial charge in [0.15, 0.2) is 6.10 Å².